The van der Waals surface area contributed by atoms with Crippen LogP contribution in [0.25, 0.3) is 0 Å². The van der Waals surface area contributed by atoms with Crippen LogP contribution in [0, 0.1) is 5.92 Å². The zero-order valence-corrected chi connectivity index (χ0v) is 28.9. The minimum Gasteiger partial charge on any atom is -0.480 e. The third-order valence-electron chi connectivity index (χ3n) is 9.47. The summed E-state index contributed by atoms with van der Waals surface area (Å²) < 4.78 is 0. The number of hydrogen-bond donors (Lipinski definition) is 4. The third-order valence-corrected chi connectivity index (χ3v) is 14.0. The van der Waals surface area contributed by atoms with E-state index in [2.05, 4.69) is 10.6 Å². The number of hydrogen-bond acceptors (Lipinski definition) is 5. The summed E-state index contributed by atoms with van der Waals surface area (Å²) in [6.07, 6.45) is 1.46. The van der Waals surface area contributed by atoms with Crippen molar-refractivity contribution in [3.05, 3.63) is 96.6 Å². The molecule has 0 aliphatic carbocycles. The van der Waals surface area contributed by atoms with Crippen molar-refractivity contribution >= 4 is 42.4 Å². The summed E-state index contributed by atoms with van der Waals surface area (Å²) in [6.45, 7) is 8.90. The number of carbonyl (C=O) groups excluding carboxylic acids is 3. The minimum absolute atomic E-state index is 0.239. The van der Waals surface area contributed by atoms with Crippen molar-refractivity contribution in [2.24, 2.45) is 5.92 Å². The Hall–Kier alpha value is -4.28. The molecular weight excluding hydrogens is 611 g/mol. The predicted octanol–water partition coefficient (Wildman–Crippen LogP) is 3.24. The number of rotatable bonds is 14. The Labute approximate surface area is 278 Å². The van der Waals surface area contributed by atoms with E-state index >= 15 is 0 Å². The van der Waals surface area contributed by atoms with Gasteiger partial charge >= 0.3 is 5.97 Å². The summed E-state index contributed by atoms with van der Waals surface area (Å²) in [4.78, 5) is 66.1. The molecule has 10 heteroatoms. The van der Waals surface area contributed by atoms with Crippen molar-refractivity contribution in [1.29, 1.82) is 0 Å². The summed E-state index contributed by atoms with van der Waals surface area (Å²) in [7, 11) is -3.43. The Kier molecular flexibility index (Phi) is 11.4. The summed E-state index contributed by atoms with van der Waals surface area (Å²) in [6, 6.07) is 25.3. The number of carbonyl (C=O) groups is 4. The van der Waals surface area contributed by atoms with Crippen molar-refractivity contribution in [1.82, 2.24) is 15.5 Å². The number of aryl methyl sites for hydroxylation is 1. The van der Waals surface area contributed by atoms with Gasteiger partial charge in [-0.3, -0.25) is 14.4 Å². The smallest absolute Gasteiger partial charge is 0.326 e. The average molecular weight is 658 g/mol. The maximum absolute atomic E-state index is 13.9. The van der Waals surface area contributed by atoms with Crippen LogP contribution in [0.5, 0.6) is 0 Å². The van der Waals surface area contributed by atoms with Crippen molar-refractivity contribution in [2.45, 2.75) is 89.5 Å². The van der Waals surface area contributed by atoms with Crippen LogP contribution in [-0.2, 0) is 25.6 Å². The Morgan fingerprint density at radius 3 is 1.94 bits per heavy atom. The van der Waals surface area contributed by atoms with Gasteiger partial charge in [-0.2, -0.15) is 0 Å². The normalized spacial score (nSPS) is 18.7. The molecule has 0 saturated carbocycles. The quantitative estimate of drug-likeness (QED) is 0.197. The molecule has 0 radical (unpaired) electrons. The lowest BCUT2D eigenvalue weighted by molar-refractivity contribution is -0.152. The first-order valence-electron chi connectivity index (χ1n) is 16.3. The van der Waals surface area contributed by atoms with E-state index in [1.165, 1.54) is 11.8 Å². The van der Waals surface area contributed by atoms with E-state index in [1.807, 2.05) is 112 Å². The van der Waals surface area contributed by atoms with Gasteiger partial charge in [0, 0.05) is 13.0 Å². The second kappa shape index (κ2) is 15.1. The molecule has 4 rings (SSSR count). The molecule has 1 aliphatic heterocycles. The SMILES string of the molecule is CC(=O)N[C@@H](CCc1ccccc1)C(=O)N[C@H]1CC(C)N([C@H](C(=O)O)[C@@H](C)CC(C)(C)[Si](O)(c2ccccc2)c2ccccc2)C1=O. The van der Waals surface area contributed by atoms with Crippen LogP contribution in [0.15, 0.2) is 91.0 Å². The fraction of sp³-hybridized carbons (Fsp3) is 0.405. The number of amides is 3. The lowest BCUT2D eigenvalue weighted by atomic mass is 9.90. The average Bonchev–Trinajstić information content (AvgIpc) is 3.31. The van der Waals surface area contributed by atoms with Crippen LogP contribution in [0.3, 0.4) is 0 Å². The van der Waals surface area contributed by atoms with Crippen LogP contribution >= 0.6 is 0 Å². The first-order chi connectivity index (χ1) is 22.3. The summed E-state index contributed by atoms with van der Waals surface area (Å²) in [5.74, 6) is -2.97. The van der Waals surface area contributed by atoms with Gasteiger partial charge in [0.25, 0.3) is 8.32 Å². The maximum atomic E-state index is 13.9. The zero-order valence-electron chi connectivity index (χ0n) is 27.9. The highest BCUT2D eigenvalue weighted by Crippen LogP contribution is 2.43. The molecule has 0 spiro atoms. The van der Waals surface area contributed by atoms with E-state index in [-0.39, 0.29) is 12.3 Å². The number of aliphatic carboxylic acids is 1. The molecule has 250 valence electrons. The number of nitrogens with one attached hydrogen (secondary N) is 2. The highest BCUT2D eigenvalue weighted by atomic mass is 28.4. The van der Waals surface area contributed by atoms with Gasteiger partial charge in [0.05, 0.1) is 0 Å². The van der Waals surface area contributed by atoms with Gasteiger partial charge in [0.15, 0.2) is 0 Å². The van der Waals surface area contributed by atoms with Gasteiger partial charge in [0.2, 0.25) is 17.7 Å². The van der Waals surface area contributed by atoms with E-state index < -0.39 is 61.2 Å². The van der Waals surface area contributed by atoms with E-state index in [0.717, 1.165) is 15.9 Å². The van der Waals surface area contributed by atoms with Gasteiger partial charge in [-0.15, -0.1) is 0 Å². The fourth-order valence-corrected chi connectivity index (χ4v) is 11.1. The van der Waals surface area contributed by atoms with Crippen molar-refractivity contribution in [3.63, 3.8) is 0 Å². The fourth-order valence-electron chi connectivity index (χ4n) is 7.23. The third kappa shape index (κ3) is 8.00. The number of benzene rings is 3. The summed E-state index contributed by atoms with van der Waals surface area (Å²) in [5.41, 5.74) is 1.02. The van der Waals surface area contributed by atoms with E-state index in [9.17, 15) is 29.1 Å². The standard InChI is InChI=1S/C37H47N3O6Si/c1-25(24-37(4,5)47(46,29-17-11-7-12-18-29)30-19-13-8-14-20-30)33(36(44)45)40-26(2)23-32(35(40)43)39-34(42)31(38-27(3)41)22-21-28-15-9-6-10-16-28/h6-20,25-26,31-33,46H,21-24H2,1-5H3,(H,38,41)(H,39,42)(H,44,45)/t25-,26?,31-,32-,33-/m0/s1. The first kappa shape index (κ1) is 35.6. The molecule has 3 amide bonds. The monoisotopic (exact) mass is 657 g/mol. The van der Waals surface area contributed by atoms with Crippen LogP contribution in [0.1, 0.15) is 59.4 Å². The largest absolute Gasteiger partial charge is 0.480 e. The molecule has 0 bridgehead atoms. The van der Waals surface area contributed by atoms with Crippen LogP contribution in [0.4, 0.5) is 0 Å². The molecule has 1 saturated heterocycles. The van der Waals surface area contributed by atoms with Crippen molar-refractivity contribution in [2.75, 3.05) is 0 Å². The molecule has 9 nitrogen and oxygen atoms in total. The predicted molar refractivity (Wildman–Crippen MR) is 185 cm³/mol. The number of likely N-dealkylation sites (tertiary alicyclic amines) is 1. The molecule has 4 N–H and O–H groups in total. The first-order valence-corrected chi connectivity index (χ1v) is 18.2. The van der Waals surface area contributed by atoms with Crippen LogP contribution in [-0.4, -0.2) is 71.0 Å². The maximum Gasteiger partial charge on any atom is 0.326 e. The van der Waals surface area contributed by atoms with Crippen molar-refractivity contribution in [3.8, 4) is 0 Å². The number of carboxylic acids is 1. The second-order valence-corrected chi connectivity index (χ2v) is 17.4. The van der Waals surface area contributed by atoms with E-state index in [0.29, 0.717) is 19.3 Å². The number of carboxylic acid groups (broad SMARTS) is 1. The van der Waals surface area contributed by atoms with Crippen LogP contribution < -0.4 is 21.0 Å². The van der Waals surface area contributed by atoms with Crippen molar-refractivity contribution < 1.29 is 29.1 Å². The molecule has 1 aliphatic rings. The molecule has 0 aromatic heterocycles. The van der Waals surface area contributed by atoms with Gasteiger partial charge < -0.3 is 25.4 Å². The topological polar surface area (TPSA) is 136 Å². The van der Waals surface area contributed by atoms with Gasteiger partial charge in [-0.25, -0.2) is 4.79 Å². The molecular formula is C37H47N3O6Si. The van der Waals surface area contributed by atoms with Gasteiger partial charge in [0.1, 0.15) is 18.1 Å². The Morgan fingerprint density at radius 2 is 1.45 bits per heavy atom. The molecule has 1 heterocycles. The summed E-state index contributed by atoms with van der Waals surface area (Å²) in [5, 5.41) is 17.0. The molecule has 3 aromatic carbocycles. The number of nitrogens with zero attached hydrogens (tertiary/aromatic N) is 1. The van der Waals surface area contributed by atoms with Gasteiger partial charge in [-0.1, -0.05) is 112 Å². The highest BCUT2D eigenvalue weighted by molar-refractivity contribution is 6.98. The van der Waals surface area contributed by atoms with Crippen LogP contribution in [0.2, 0.25) is 5.04 Å². The summed E-state index contributed by atoms with van der Waals surface area (Å²) >= 11 is 0. The second-order valence-electron chi connectivity index (χ2n) is 13.5. The highest BCUT2D eigenvalue weighted by Gasteiger charge is 2.53. The molecule has 1 unspecified atom stereocenters. The van der Waals surface area contributed by atoms with Gasteiger partial charge in [-0.05, 0) is 59.5 Å². The Bertz CT molecular complexity index is 1500. The molecule has 47 heavy (non-hydrogen) atoms. The molecule has 3 aromatic rings. The zero-order chi connectivity index (χ0) is 34.4. The Morgan fingerprint density at radius 1 is 0.936 bits per heavy atom. The minimum atomic E-state index is -3.43. The molecule has 1 fully saturated rings. The Balaban J connectivity index is 1.54. The lowest BCUT2D eigenvalue weighted by Gasteiger charge is -2.44. The lowest BCUT2D eigenvalue weighted by Crippen LogP contribution is -2.66. The van der Waals surface area contributed by atoms with E-state index in [4.69, 9.17) is 0 Å². The van der Waals surface area contributed by atoms with E-state index in [1.54, 1.807) is 6.92 Å². The molecule has 5 atom stereocenters.